The van der Waals surface area contributed by atoms with Gasteiger partial charge in [0.25, 0.3) is 11.6 Å². The molecule has 0 aliphatic rings. The largest absolute Gasteiger partial charge is 0.349 e. The SMILES string of the molecule is C=CCNC(=O)c1cc(Cl)c(Cl)c([N+](=O)[O-])c1. The fourth-order valence-electron chi connectivity index (χ4n) is 1.11. The third-order valence-corrected chi connectivity index (χ3v) is 2.67. The third-order valence-electron chi connectivity index (χ3n) is 1.87. The molecule has 0 bridgehead atoms. The molecule has 0 heterocycles. The van der Waals surface area contributed by atoms with Crippen molar-refractivity contribution in [2.24, 2.45) is 0 Å². The van der Waals surface area contributed by atoms with Gasteiger partial charge in [-0.05, 0) is 6.07 Å². The minimum absolute atomic E-state index is 0.0374. The third kappa shape index (κ3) is 3.18. The number of halogens is 2. The fraction of sp³-hybridized carbons (Fsp3) is 0.100. The number of nitrogens with one attached hydrogen (secondary N) is 1. The molecule has 0 saturated carbocycles. The van der Waals surface area contributed by atoms with Crippen molar-refractivity contribution in [3.63, 3.8) is 0 Å². The van der Waals surface area contributed by atoms with Crippen LogP contribution in [-0.2, 0) is 0 Å². The quantitative estimate of drug-likeness (QED) is 0.521. The zero-order chi connectivity index (χ0) is 13.0. The van der Waals surface area contributed by atoms with Crippen LogP contribution >= 0.6 is 23.2 Å². The molecule has 7 heteroatoms. The Balaban J connectivity index is 3.14. The average molecular weight is 275 g/mol. The molecule has 1 aromatic carbocycles. The molecule has 0 atom stereocenters. The Bertz CT molecular complexity index is 489. The van der Waals surface area contributed by atoms with Crippen molar-refractivity contribution in [3.05, 3.63) is 50.5 Å². The Morgan fingerprint density at radius 1 is 1.53 bits per heavy atom. The van der Waals surface area contributed by atoms with Crippen molar-refractivity contribution in [2.75, 3.05) is 6.54 Å². The lowest BCUT2D eigenvalue weighted by atomic mass is 10.2. The van der Waals surface area contributed by atoms with Gasteiger partial charge in [0.15, 0.2) is 0 Å². The summed E-state index contributed by atoms with van der Waals surface area (Å²) in [7, 11) is 0. The molecule has 0 radical (unpaired) electrons. The van der Waals surface area contributed by atoms with Crippen LogP contribution in [0.3, 0.4) is 0 Å². The lowest BCUT2D eigenvalue weighted by Crippen LogP contribution is -2.23. The summed E-state index contributed by atoms with van der Waals surface area (Å²) in [5.41, 5.74) is -0.323. The molecule has 5 nitrogen and oxygen atoms in total. The smallest absolute Gasteiger partial charge is 0.290 e. The topological polar surface area (TPSA) is 72.2 Å². The van der Waals surface area contributed by atoms with E-state index in [0.29, 0.717) is 0 Å². The lowest BCUT2D eigenvalue weighted by Gasteiger charge is -2.04. The monoisotopic (exact) mass is 274 g/mol. The van der Waals surface area contributed by atoms with E-state index in [-0.39, 0.29) is 22.2 Å². The van der Waals surface area contributed by atoms with Gasteiger partial charge in [-0.1, -0.05) is 29.3 Å². The molecule has 1 amide bonds. The molecule has 0 unspecified atom stereocenters. The van der Waals surface area contributed by atoms with E-state index in [1.807, 2.05) is 0 Å². The molecule has 0 aliphatic heterocycles. The Morgan fingerprint density at radius 2 is 2.18 bits per heavy atom. The summed E-state index contributed by atoms with van der Waals surface area (Å²) in [6.45, 7) is 3.69. The fourth-order valence-corrected chi connectivity index (χ4v) is 1.50. The lowest BCUT2D eigenvalue weighted by molar-refractivity contribution is -0.384. The predicted molar refractivity (Wildman–Crippen MR) is 65.6 cm³/mol. The van der Waals surface area contributed by atoms with E-state index in [1.165, 1.54) is 12.1 Å². The molecule has 90 valence electrons. The number of hydrogen-bond acceptors (Lipinski definition) is 3. The van der Waals surface area contributed by atoms with Crippen molar-refractivity contribution < 1.29 is 9.72 Å². The highest BCUT2D eigenvalue weighted by Crippen LogP contribution is 2.32. The minimum atomic E-state index is -0.696. The maximum absolute atomic E-state index is 11.6. The van der Waals surface area contributed by atoms with Gasteiger partial charge >= 0.3 is 0 Å². The molecule has 0 saturated heterocycles. The second-order valence-corrected chi connectivity index (χ2v) is 3.83. The number of rotatable bonds is 4. The number of amides is 1. The van der Waals surface area contributed by atoms with Crippen LogP contribution in [-0.4, -0.2) is 17.4 Å². The summed E-state index contributed by atoms with van der Waals surface area (Å²) >= 11 is 11.4. The Labute approximate surface area is 107 Å². The zero-order valence-corrected chi connectivity index (χ0v) is 10.1. The van der Waals surface area contributed by atoms with E-state index in [1.54, 1.807) is 0 Å². The highest BCUT2D eigenvalue weighted by molar-refractivity contribution is 6.43. The van der Waals surface area contributed by atoms with Crippen LogP contribution in [0.15, 0.2) is 24.8 Å². The van der Waals surface area contributed by atoms with Gasteiger partial charge in [-0.2, -0.15) is 0 Å². The van der Waals surface area contributed by atoms with Gasteiger partial charge in [0.2, 0.25) is 0 Å². The van der Waals surface area contributed by atoms with E-state index in [4.69, 9.17) is 23.2 Å². The number of nitro benzene ring substituents is 1. The van der Waals surface area contributed by atoms with Crippen molar-refractivity contribution in [1.82, 2.24) is 5.32 Å². The number of nitro groups is 1. The second-order valence-electron chi connectivity index (χ2n) is 3.05. The Morgan fingerprint density at radius 3 is 2.71 bits per heavy atom. The first-order chi connectivity index (χ1) is 7.97. The zero-order valence-electron chi connectivity index (χ0n) is 8.57. The van der Waals surface area contributed by atoms with Crippen LogP contribution in [0.25, 0.3) is 0 Å². The molecule has 0 aromatic heterocycles. The maximum Gasteiger partial charge on any atom is 0.290 e. The molecule has 0 spiro atoms. The van der Waals surface area contributed by atoms with Gasteiger partial charge in [0, 0.05) is 18.2 Å². The average Bonchev–Trinajstić information content (AvgIpc) is 2.28. The van der Waals surface area contributed by atoms with Crippen molar-refractivity contribution >= 4 is 34.8 Å². The summed E-state index contributed by atoms with van der Waals surface area (Å²) in [4.78, 5) is 21.5. The van der Waals surface area contributed by atoms with Gasteiger partial charge in [-0.25, -0.2) is 0 Å². The first kappa shape index (κ1) is 13.5. The predicted octanol–water partition coefficient (Wildman–Crippen LogP) is 2.82. The first-order valence-corrected chi connectivity index (χ1v) is 5.25. The van der Waals surface area contributed by atoms with Gasteiger partial charge < -0.3 is 5.32 Å². The molecule has 1 aromatic rings. The maximum atomic E-state index is 11.6. The number of carbonyl (C=O) groups is 1. The summed E-state index contributed by atoms with van der Waals surface area (Å²) in [5, 5.41) is 12.9. The Hall–Kier alpha value is -1.59. The summed E-state index contributed by atoms with van der Waals surface area (Å²) < 4.78 is 0. The van der Waals surface area contributed by atoms with Gasteiger partial charge in [0.1, 0.15) is 5.02 Å². The number of carbonyl (C=O) groups excluding carboxylic acids is 1. The van der Waals surface area contributed by atoms with E-state index in [9.17, 15) is 14.9 Å². The summed E-state index contributed by atoms with van der Waals surface area (Å²) in [5.74, 6) is -0.480. The van der Waals surface area contributed by atoms with Crippen LogP contribution < -0.4 is 5.32 Å². The van der Waals surface area contributed by atoms with Gasteiger partial charge in [-0.15, -0.1) is 6.58 Å². The Kier molecular flexibility index (Phi) is 4.48. The molecule has 1 rings (SSSR count). The molecule has 1 N–H and O–H groups in total. The molecular weight excluding hydrogens is 267 g/mol. The first-order valence-electron chi connectivity index (χ1n) is 4.50. The van der Waals surface area contributed by atoms with Gasteiger partial charge in [-0.3, -0.25) is 14.9 Å². The summed E-state index contributed by atoms with van der Waals surface area (Å²) in [6.07, 6.45) is 1.49. The molecule has 17 heavy (non-hydrogen) atoms. The van der Waals surface area contributed by atoms with E-state index >= 15 is 0 Å². The van der Waals surface area contributed by atoms with Crippen LogP contribution in [0.4, 0.5) is 5.69 Å². The van der Waals surface area contributed by atoms with E-state index in [2.05, 4.69) is 11.9 Å². The number of nitrogens with zero attached hydrogens (tertiary/aromatic N) is 1. The molecule has 0 fully saturated rings. The second kappa shape index (κ2) is 5.65. The van der Waals surface area contributed by atoms with Crippen LogP contribution in [0.1, 0.15) is 10.4 Å². The van der Waals surface area contributed by atoms with Crippen LogP contribution in [0.5, 0.6) is 0 Å². The normalized spacial score (nSPS) is 9.76. The molecular formula is C10H8Cl2N2O3. The van der Waals surface area contributed by atoms with Crippen molar-refractivity contribution in [1.29, 1.82) is 0 Å². The number of benzene rings is 1. The molecule has 0 aliphatic carbocycles. The van der Waals surface area contributed by atoms with Crippen molar-refractivity contribution in [3.8, 4) is 0 Å². The van der Waals surface area contributed by atoms with Crippen LogP contribution in [0.2, 0.25) is 10.0 Å². The minimum Gasteiger partial charge on any atom is -0.349 e. The summed E-state index contributed by atoms with van der Waals surface area (Å²) in [6, 6.07) is 2.35. The van der Waals surface area contributed by atoms with Crippen molar-refractivity contribution in [2.45, 2.75) is 0 Å². The number of hydrogen-bond donors (Lipinski definition) is 1. The highest BCUT2D eigenvalue weighted by Gasteiger charge is 2.19. The van der Waals surface area contributed by atoms with E-state index in [0.717, 1.165) is 6.07 Å². The standard InChI is InChI=1S/C10H8Cl2N2O3/c1-2-3-13-10(15)6-4-7(11)9(12)8(5-6)14(16)17/h2,4-5H,1,3H2,(H,13,15). The van der Waals surface area contributed by atoms with E-state index < -0.39 is 16.5 Å². The highest BCUT2D eigenvalue weighted by atomic mass is 35.5. The van der Waals surface area contributed by atoms with Crippen LogP contribution in [0, 0.1) is 10.1 Å². The van der Waals surface area contributed by atoms with Gasteiger partial charge in [0.05, 0.1) is 9.95 Å².